The van der Waals surface area contributed by atoms with E-state index < -0.39 is 0 Å². The van der Waals surface area contributed by atoms with E-state index in [1.165, 1.54) is 6.33 Å². The Morgan fingerprint density at radius 2 is 2.06 bits per heavy atom. The molecular formula is C10H14Cl2N4O. The van der Waals surface area contributed by atoms with Gasteiger partial charge in [0.05, 0.1) is 0 Å². The summed E-state index contributed by atoms with van der Waals surface area (Å²) in [4.78, 5) is 19.0. The second-order valence-electron chi connectivity index (χ2n) is 3.75. The fourth-order valence-corrected chi connectivity index (χ4v) is 1.64. The molecule has 0 bridgehead atoms. The highest BCUT2D eigenvalue weighted by Gasteiger charge is 2.11. The van der Waals surface area contributed by atoms with Crippen LogP contribution in [-0.4, -0.2) is 21.9 Å². The van der Waals surface area contributed by atoms with Crippen LogP contribution >= 0.6 is 23.2 Å². The molecule has 0 spiro atoms. The average Bonchev–Trinajstić information content (AvgIpc) is 2.23. The Hall–Kier alpha value is -0.910. The number of nitrogens with zero attached hydrogens (tertiary/aromatic N) is 2. The molecule has 3 N–H and O–H groups in total. The minimum atomic E-state index is -0.177. The van der Waals surface area contributed by atoms with E-state index in [1.54, 1.807) is 0 Å². The molecule has 1 heterocycles. The number of amides is 1. The zero-order chi connectivity index (χ0) is 12.8. The summed E-state index contributed by atoms with van der Waals surface area (Å²) >= 11 is 11.6. The van der Waals surface area contributed by atoms with Gasteiger partial charge < -0.3 is 11.1 Å². The highest BCUT2D eigenvalue weighted by atomic mass is 35.5. The van der Waals surface area contributed by atoms with E-state index in [-0.39, 0.29) is 27.9 Å². The number of carbonyl (C=O) groups is 1. The molecule has 0 radical (unpaired) electrons. The molecule has 7 heteroatoms. The van der Waals surface area contributed by atoms with E-state index >= 15 is 0 Å². The molecule has 1 aromatic rings. The van der Waals surface area contributed by atoms with Crippen LogP contribution in [0.1, 0.15) is 26.2 Å². The number of rotatable bonds is 5. The molecule has 1 amide bonds. The first-order chi connectivity index (χ1) is 8.00. The number of halogens is 2. The lowest BCUT2D eigenvalue weighted by atomic mass is 10.1. The van der Waals surface area contributed by atoms with Crippen molar-refractivity contribution in [3.63, 3.8) is 0 Å². The first kappa shape index (κ1) is 14.2. The predicted molar refractivity (Wildman–Crippen MR) is 68.2 cm³/mol. The molecule has 0 aromatic carbocycles. The van der Waals surface area contributed by atoms with Crippen molar-refractivity contribution in [2.45, 2.75) is 32.2 Å². The minimum absolute atomic E-state index is 0.0926. The SMILES string of the molecule is CC(N)CCCC(=O)Nc1c(Cl)ncnc1Cl. The van der Waals surface area contributed by atoms with Crippen LogP contribution in [0, 0.1) is 0 Å². The van der Waals surface area contributed by atoms with Crippen LogP contribution in [0.4, 0.5) is 5.69 Å². The van der Waals surface area contributed by atoms with Crippen molar-refractivity contribution >= 4 is 34.8 Å². The second-order valence-corrected chi connectivity index (χ2v) is 4.46. The highest BCUT2D eigenvalue weighted by molar-refractivity contribution is 6.38. The van der Waals surface area contributed by atoms with E-state index in [4.69, 9.17) is 28.9 Å². The van der Waals surface area contributed by atoms with E-state index in [0.717, 1.165) is 6.42 Å². The molecule has 1 aromatic heterocycles. The summed E-state index contributed by atoms with van der Waals surface area (Å²) in [5.41, 5.74) is 5.84. The molecule has 0 aliphatic carbocycles. The third-order valence-electron chi connectivity index (χ3n) is 2.08. The number of anilines is 1. The van der Waals surface area contributed by atoms with Crippen LogP contribution in [0.2, 0.25) is 10.3 Å². The van der Waals surface area contributed by atoms with Gasteiger partial charge in [0.2, 0.25) is 5.91 Å². The van der Waals surface area contributed by atoms with E-state index in [1.807, 2.05) is 6.92 Å². The lowest BCUT2D eigenvalue weighted by Crippen LogP contribution is -2.17. The molecule has 0 saturated heterocycles. The Labute approximate surface area is 110 Å². The van der Waals surface area contributed by atoms with Gasteiger partial charge in [-0.2, -0.15) is 0 Å². The summed E-state index contributed by atoms with van der Waals surface area (Å²) in [7, 11) is 0. The topological polar surface area (TPSA) is 80.9 Å². The Kier molecular flexibility index (Phi) is 5.61. The van der Waals surface area contributed by atoms with Crippen LogP contribution in [0.3, 0.4) is 0 Å². The predicted octanol–water partition coefficient (Wildman–Crippen LogP) is 2.24. The van der Waals surface area contributed by atoms with Gasteiger partial charge in [0.15, 0.2) is 10.3 Å². The third-order valence-corrected chi connectivity index (χ3v) is 2.66. The van der Waals surface area contributed by atoms with Crippen molar-refractivity contribution < 1.29 is 4.79 Å². The van der Waals surface area contributed by atoms with Crippen molar-refractivity contribution in [2.75, 3.05) is 5.32 Å². The van der Waals surface area contributed by atoms with Crippen LogP contribution in [-0.2, 0) is 4.79 Å². The van der Waals surface area contributed by atoms with Crippen LogP contribution < -0.4 is 11.1 Å². The third kappa shape index (κ3) is 4.85. The van der Waals surface area contributed by atoms with Gasteiger partial charge in [-0.15, -0.1) is 0 Å². The van der Waals surface area contributed by atoms with E-state index in [2.05, 4.69) is 15.3 Å². The zero-order valence-electron chi connectivity index (χ0n) is 9.41. The summed E-state index contributed by atoms with van der Waals surface area (Å²) < 4.78 is 0. The van der Waals surface area contributed by atoms with Crippen LogP contribution in [0.15, 0.2) is 6.33 Å². The molecule has 94 valence electrons. The molecular weight excluding hydrogens is 263 g/mol. The molecule has 0 aliphatic rings. The van der Waals surface area contributed by atoms with Gasteiger partial charge in [-0.1, -0.05) is 23.2 Å². The minimum Gasteiger partial charge on any atom is -0.328 e. The van der Waals surface area contributed by atoms with Crippen molar-refractivity contribution in [3.05, 3.63) is 16.6 Å². The number of hydrogen-bond acceptors (Lipinski definition) is 4. The van der Waals surface area contributed by atoms with Gasteiger partial charge in [-0.3, -0.25) is 4.79 Å². The Morgan fingerprint density at radius 1 is 1.47 bits per heavy atom. The largest absolute Gasteiger partial charge is 0.328 e. The molecule has 5 nitrogen and oxygen atoms in total. The Bertz CT molecular complexity index is 378. The van der Waals surface area contributed by atoms with Crippen LogP contribution in [0.25, 0.3) is 0 Å². The van der Waals surface area contributed by atoms with Gasteiger partial charge in [-0.25, -0.2) is 9.97 Å². The summed E-state index contributed by atoms with van der Waals surface area (Å²) in [5, 5.41) is 2.84. The number of nitrogens with one attached hydrogen (secondary N) is 1. The average molecular weight is 277 g/mol. The monoisotopic (exact) mass is 276 g/mol. The quantitative estimate of drug-likeness (QED) is 0.809. The van der Waals surface area contributed by atoms with Gasteiger partial charge in [-0.05, 0) is 19.8 Å². The van der Waals surface area contributed by atoms with Gasteiger partial charge in [0, 0.05) is 12.5 Å². The second kappa shape index (κ2) is 6.74. The molecule has 0 fully saturated rings. The first-order valence-corrected chi connectivity index (χ1v) is 5.97. The van der Waals surface area contributed by atoms with Crippen molar-refractivity contribution in [2.24, 2.45) is 5.73 Å². The van der Waals surface area contributed by atoms with Gasteiger partial charge in [0.25, 0.3) is 0 Å². The molecule has 1 unspecified atom stereocenters. The van der Waals surface area contributed by atoms with Gasteiger partial charge >= 0.3 is 0 Å². The normalized spacial score (nSPS) is 12.2. The lowest BCUT2D eigenvalue weighted by molar-refractivity contribution is -0.116. The highest BCUT2D eigenvalue weighted by Crippen LogP contribution is 2.25. The summed E-state index contributed by atoms with van der Waals surface area (Å²) in [6.07, 6.45) is 3.10. The number of carbonyl (C=O) groups excluding carboxylic acids is 1. The Morgan fingerprint density at radius 3 is 2.59 bits per heavy atom. The standard InChI is InChI=1S/C10H14Cl2N4O/c1-6(13)3-2-4-7(17)16-8-9(11)14-5-15-10(8)12/h5-6H,2-4,13H2,1H3,(H,16,17). The fourth-order valence-electron chi connectivity index (χ4n) is 1.23. The van der Waals surface area contributed by atoms with E-state index in [9.17, 15) is 4.79 Å². The maximum atomic E-state index is 11.6. The number of aromatic nitrogens is 2. The summed E-state index contributed by atoms with van der Waals surface area (Å²) in [6.45, 7) is 1.90. The molecule has 1 atom stereocenters. The molecule has 1 rings (SSSR count). The Balaban J connectivity index is 2.51. The maximum absolute atomic E-state index is 11.6. The summed E-state index contributed by atoms with van der Waals surface area (Å²) in [6, 6.07) is 0.0926. The zero-order valence-corrected chi connectivity index (χ0v) is 10.9. The number of nitrogens with two attached hydrogens (primary N) is 1. The molecule has 0 aliphatic heterocycles. The number of hydrogen-bond donors (Lipinski definition) is 2. The smallest absolute Gasteiger partial charge is 0.224 e. The van der Waals surface area contributed by atoms with Crippen molar-refractivity contribution in [1.29, 1.82) is 0 Å². The fraction of sp³-hybridized carbons (Fsp3) is 0.500. The first-order valence-electron chi connectivity index (χ1n) is 5.22. The molecule has 17 heavy (non-hydrogen) atoms. The lowest BCUT2D eigenvalue weighted by Gasteiger charge is -2.08. The van der Waals surface area contributed by atoms with Crippen molar-refractivity contribution in [1.82, 2.24) is 9.97 Å². The molecule has 0 saturated carbocycles. The van der Waals surface area contributed by atoms with E-state index in [0.29, 0.717) is 12.8 Å². The maximum Gasteiger partial charge on any atom is 0.224 e. The van der Waals surface area contributed by atoms with Crippen molar-refractivity contribution in [3.8, 4) is 0 Å². The van der Waals surface area contributed by atoms with Crippen LogP contribution in [0.5, 0.6) is 0 Å². The van der Waals surface area contributed by atoms with Gasteiger partial charge in [0.1, 0.15) is 12.0 Å². The summed E-state index contributed by atoms with van der Waals surface area (Å²) in [5.74, 6) is -0.177.